The molecule has 1 aliphatic rings. The molecule has 6 heteroatoms. The number of aromatic nitrogens is 1. The van der Waals surface area contributed by atoms with E-state index in [9.17, 15) is 5.11 Å². The number of pyridine rings is 1. The van der Waals surface area contributed by atoms with Crippen LogP contribution in [0, 0.1) is 0 Å². The zero-order valence-corrected chi connectivity index (χ0v) is 13.1. The first kappa shape index (κ1) is 15.1. The van der Waals surface area contributed by atoms with E-state index in [1.54, 1.807) is 18.3 Å². The minimum Gasteiger partial charge on any atom is -0.504 e. The lowest BCUT2D eigenvalue weighted by molar-refractivity contribution is 0.271. The van der Waals surface area contributed by atoms with E-state index in [-0.39, 0.29) is 5.75 Å². The van der Waals surface area contributed by atoms with Crippen molar-refractivity contribution < 1.29 is 9.84 Å². The van der Waals surface area contributed by atoms with Crippen molar-refractivity contribution in [3.8, 4) is 11.5 Å². The number of benzene rings is 1. The molecule has 0 amide bonds. The fourth-order valence-electron chi connectivity index (χ4n) is 2.50. The molecule has 1 fully saturated rings. The molecule has 1 saturated heterocycles. The van der Waals surface area contributed by atoms with E-state index in [4.69, 9.17) is 4.74 Å². The average molecular weight is 312 g/mol. The third kappa shape index (κ3) is 3.71. The number of phenolic OH excluding ortho intramolecular Hbond substituents is 1. The maximum atomic E-state index is 9.60. The van der Waals surface area contributed by atoms with Crippen molar-refractivity contribution in [2.24, 2.45) is 5.10 Å². The Bertz CT molecular complexity index is 668. The standard InChI is InChI=1S/C17H20N4O2/c1-23-16-12-14(5-6-15(16)22)13-19-21-10-8-20(9-11-21)17-4-2-3-7-18-17/h2-7,12-13,22H,8-11H2,1H3/b19-13+. The van der Waals surface area contributed by atoms with Gasteiger partial charge in [-0.1, -0.05) is 6.07 Å². The number of phenols is 1. The molecular formula is C17H20N4O2. The van der Waals surface area contributed by atoms with Crippen LogP contribution in [-0.4, -0.2) is 54.6 Å². The van der Waals surface area contributed by atoms with Crippen LogP contribution in [0.4, 0.5) is 5.82 Å². The molecule has 0 saturated carbocycles. The van der Waals surface area contributed by atoms with Crippen LogP contribution in [0.5, 0.6) is 11.5 Å². The summed E-state index contributed by atoms with van der Waals surface area (Å²) in [6, 6.07) is 11.1. The summed E-state index contributed by atoms with van der Waals surface area (Å²) in [6.45, 7) is 3.49. The highest BCUT2D eigenvalue weighted by Crippen LogP contribution is 2.25. The van der Waals surface area contributed by atoms with Gasteiger partial charge in [-0.25, -0.2) is 4.98 Å². The number of piperazine rings is 1. The van der Waals surface area contributed by atoms with Crippen LogP contribution in [0.15, 0.2) is 47.7 Å². The highest BCUT2D eigenvalue weighted by Gasteiger charge is 2.16. The molecule has 6 nitrogen and oxygen atoms in total. The van der Waals surface area contributed by atoms with E-state index in [1.807, 2.05) is 35.5 Å². The van der Waals surface area contributed by atoms with Gasteiger partial charge in [-0.2, -0.15) is 5.10 Å². The summed E-state index contributed by atoms with van der Waals surface area (Å²) in [4.78, 5) is 6.64. The predicted molar refractivity (Wildman–Crippen MR) is 90.3 cm³/mol. The number of nitrogens with zero attached hydrogens (tertiary/aromatic N) is 4. The van der Waals surface area contributed by atoms with Crippen molar-refractivity contribution in [1.29, 1.82) is 0 Å². The Morgan fingerprint density at radius 3 is 2.70 bits per heavy atom. The minimum atomic E-state index is 0.133. The lowest BCUT2D eigenvalue weighted by Gasteiger charge is -2.33. The third-order valence-electron chi connectivity index (χ3n) is 3.80. The van der Waals surface area contributed by atoms with Gasteiger partial charge in [0.15, 0.2) is 11.5 Å². The molecule has 0 radical (unpaired) electrons. The number of methoxy groups -OCH3 is 1. The lowest BCUT2D eigenvalue weighted by atomic mass is 10.2. The minimum absolute atomic E-state index is 0.133. The van der Waals surface area contributed by atoms with Crippen molar-refractivity contribution in [2.45, 2.75) is 0 Å². The second-order valence-corrected chi connectivity index (χ2v) is 5.30. The molecule has 1 N–H and O–H groups in total. The van der Waals surface area contributed by atoms with Crippen molar-refractivity contribution in [3.05, 3.63) is 48.2 Å². The number of ether oxygens (including phenoxy) is 1. The highest BCUT2D eigenvalue weighted by atomic mass is 16.5. The summed E-state index contributed by atoms with van der Waals surface area (Å²) < 4.78 is 5.10. The van der Waals surface area contributed by atoms with Gasteiger partial charge in [-0.05, 0) is 35.9 Å². The maximum Gasteiger partial charge on any atom is 0.161 e. The van der Waals surface area contributed by atoms with Gasteiger partial charge in [0.1, 0.15) is 5.82 Å². The molecule has 3 rings (SSSR count). The topological polar surface area (TPSA) is 61.2 Å². The van der Waals surface area contributed by atoms with E-state index < -0.39 is 0 Å². The summed E-state index contributed by atoms with van der Waals surface area (Å²) >= 11 is 0. The van der Waals surface area contributed by atoms with Crippen LogP contribution in [0.1, 0.15) is 5.56 Å². The van der Waals surface area contributed by atoms with Gasteiger partial charge < -0.3 is 14.7 Å². The van der Waals surface area contributed by atoms with Crippen LogP contribution in [0.2, 0.25) is 0 Å². The Hall–Kier alpha value is -2.76. The van der Waals surface area contributed by atoms with Crippen LogP contribution in [0.3, 0.4) is 0 Å². The summed E-state index contributed by atoms with van der Waals surface area (Å²) in [5.74, 6) is 1.60. The van der Waals surface area contributed by atoms with E-state index in [2.05, 4.69) is 15.0 Å². The largest absolute Gasteiger partial charge is 0.504 e. The number of hydrazone groups is 1. The van der Waals surface area contributed by atoms with Gasteiger partial charge in [0.25, 0.3) is 0 Å². The van der Waals surface area contributed by atoms with Gasteiger partial charge in [-0.3, -0.25) is 5.01 Å². The van der Waals surface area contributed by atoms with Gasteiger partial charge in [0.2, 0.25) is 0 Å². The van der Waals surface area contributed by atoms with E-state index >= 15 is 0 Å². The summed E-state index contributed by atoms with van der Waals surface area (Å²) in [7, 11) is 1.53. The number of aromatic hydroxyl groups is 1. The molecule has 1 aromatic carbocycles. The fraction of sp³-hybridized carbons (Fsp3) is 0.294. The van der Waals surface area contributed by atoms with Crippen molar-refractivity contribution in [2.75, 3.05) is 38.2 Å². The molecule has 2 aromatic rings. The molecule has 120 valence electrons. The van der Waals surface area contributed by atoms with Crippen LogP contribution >= 0.6 is 0 Å². The SMILES string of the molecule is COc1cc(/C=N/N2CCN(c3ccccn3)CC2)ccc1O. The van der Waals surface area contributed by atoms with Gasteiger partial charge in [0, 0.05) is 19.3 Å². The molecule has 0 aliphatic carbocycles. The van der Waals surface area contributed by atoms with Crippen molar-refractivity contribution >= 4 is 12.0 Å². The zero-order valence-electron chi connectivity index (χ0n) is 13.1. The quantitative estimate of drug-likeness (QED) is 0.875. The smallest absolute Gasteiger partial charge is 0.161 e. The molecule has 1 aromatic heterocycles. The Morgan fingerprint density at radius 2 is 2.00 bits per heavy atom. The van der Waals surface area contributed by atoms with E-state index in [0.717, 1.165) is 37.6 Å². The predicted octanol–water partition coefficient (Wildman–Crippen LogP) is 1.95. The number of rotatable bonds is 4. The molecular weight excluding hydrogens is 292 g/mol. The molecule has 0 unspecified atom stereocenters. The number of hydrogen-bond acceptors (Lipinski definition) is 6. The Labute approximate surface area is 135 Å². The van der Waals surface area contributed by atoms with Gasteiger partial charge in [0.05, 0.1) is 26.4 Å². The fourth-order valence-corrected chi connectivity index (χ4v) is 2.50. The first-order valence-electron chi connectivity index (χ1n) is 7.58. The summed E-state index contributed by atoms with van der Waals surface area (Å²) in [5, 5.41) is 16.1. The van der Waals surface area contributed by atoms with Crippen LogP contribution < -0.4 is 9.64 Å². The molecule has 23 heavy (non-hydrogen) atoms. The molecule has 2 heterocycles. The van der Waals surface area contributed by atoms with Gasteiger partial charge in [-0.15, -0.1) is 0 Å². The van der Waals surface area contributed by atoms with E-state index in [0.29, 0.717) is 5.75 Å². The number of hydrogen-bond donors (Lipinski definition) is 1. The van der Waals surface area contributed by atoms with Crippen LogP contribution in [-0.2, 0) is 0 Å². The number of anilines is 1. The van der Waals surface area contributed by atoms with Crippen LogP contribution in [0.25, 0.3) is 0 Å². The summed E-state index contributed by atoms with van der Waals surface area (Å²) in [6.07, 6.45) is 3.61. The third-order valence-corrected chi connectivity index (χ3v) is 3.80. The Kier molecular flexibility index (Phi) is 4.61. The van der Waals surface area contributed by atoms with Crippen molar-refractivity contribution in [1.82, 2.24) is 9.99 Å². The monoisotopic (exact) mass is 312 g/mol. The molecule has 0 atom stereocenters. The second kappa shape index (κ2) is 7.00. The summed E-state index contributed by atoms with van der Waals surface area (Å²) in [5.41, 5.74) is 0.895. The maximum absolute atomic E-state index is 9.60. The zero-order chi connectivity index (χ0) is 16.1. The molecule has 0 spiro atoms. The first-order valence-corrected chi connectivity index (χ1v) is 7.58. The highest BCUT2D eigenvalue weighted by molar-refractivity contribution is 5.80. The normalized spacial score (nSPS) is 15.2. The first-order chi connectivity index (χ1) is 11.3. The molecule has 1 aliphatic heterocycles. The lowest BCUT2D eigenvalue weighted by Crippen LogP contribution is -2.44. The molecule has 0 bridgehead atoms. The average Bonchev–Trinajstić information content (AvgIpc) is 2.62. The Balaban J connectivity index is 1.58. The van der Waals surface area contributed by atoms with Crippen molar-refractivity contribution in [3.63, 3.8) is 0 Å². The second-order valence-electron chi connectivity index (χ2n) is 5.30. The Morgan fingerprint density at radius 1 is 1.17 bits per heavy atom. The van der Waals surface area contributed by atoms with E-state index in [1.165, 1.54) is 7.11 Å². The van der Waals surface area contributed by atoms with Gasteiger partial charge >= 0.3 is 0 Å².